The van der Waals surface area contributed by atoms with Crippen LogP contribution in [0, 0.1) is 0 Å². The minimum atomic E-state index is -4.70. The van der Waals surface area contributed by atoms with Crippen molar-refractivity contribution in [2.45, 2.75) is 88.9 Å². The summed E-state index contributed by atoms with van der Waals surface area (Å²) in [6, 6.07) is 11.6. The molecule has 2 aromatic carbocycles. The number of ether oxygens (including phenoxy) is 1. The summed E-state index contributed by atoms with van der Waals surface area (Å²) in [6.45, 7) is 2.23. The van der Waals surface area contributed by atoms with Crippen LogP contribution >= 0.6 is 0 Å². The Morgan fingerprint density at radius 2 is 1.34 bits per heavy atom. The molecule has 5 nitrogen and oxygen atoms in total. The Bertz CT molecular complexity index is 885. The molecular formula is C25H35KO5S. The maximum Gasteiger partial charge on any atom is 1.00 e. The monoisotopic (exact) mass is 486 g/mol. The molecule has 0 aliphatic rings. The molecule has 0 spiro atoms. The quantitative estimate of drug-likeness (QED) is 0.236. The van der Waals surface area contributed by atoms with E-state index in [1.54, 1.807) is 36.4 Å². The van der Waals surface area contributed by atoms with E-state index in [2.05, 4.69) is 6.92 Å². The maximum atomic E-state index is 12.7. The second kappa shape index (κ2) is 16.3. The minimum Gasteiger partial charge on any atom is -0.871 e. The van der Waals surface area contributed by atoms with Crippen molar-refractivity contribution in [3.63, 3.8) is 0 Å². The molecule has 0 fully saturated rings. The van der Waals surface area contributed by atoms with E-state index < -0.39 is 20.8 Å². The molecule has 0 heterocycles. The van der Waals surface area contributed by atoms with Gasteiger partial charge in [-0.1, -0.05) is 107 Å². The van der Waals surface area contributed by atoms with Gasteiger partial charge in [0.05, 0.1) is 0 Å². The van der Waals surface area contributed by atoms with Crippen LogP contribution in [0.3, 0.4) is 0 Å². The van der Waals surface area contributed by atoms with Gasteiger partial charge in [-0.25, -0.2) is 0 Å². The van der Waals surface area contributed by atoms with Crippen LogP contribution in [0.1, 0.15) is 83.1 Å². The van der Waals surface area contributed by atoms with Gasteiger partial charge in [0.1, 0.15) is 16.4 Å². The van der Waals surface area contributed by atoms with Gasteiger partial charge >= 0.3 is 51.4 Å². The molecule has 0 aliphatic heterocycles. The SMILES string of the molecule is CCCCCCCCCCCCCc1ccc(Oc2ccccc2)c(S(=O)(=O)O)c1[O-].[K+]. The average molecular weight is 487 g/mol. The zero-order valence-electron chi connectivity index (χ0n) is 19.5. The van der Waals surface area contributed by atoms with E-state index in [1.165, 1.54) is 57.4 Å². The van der Waals surface area contributed by atoms with Crippen LogP contribution in [-0.2, 0) is 16.5 Å². The molecule has 0 saturated carbocycles. The molecule has 1 N–H and O–H groups in total. The molecule has 2 aromatic rings. The fourth-order valence-electron chi connectivity index (χ4n) is 3.70. The third kappa shape index (κ3) is 10.7. The van der Waals surface area contributed by atoms with Crippen molar-refractivity contribution in [3.05, 3.63) is 48.0 Å². The van der Waals surface area contributed by atoms with Gasteiger partial charge in [-0.05, 0) is 31.0 Å². The molecule has 0 amide bonds. The molecule has 0 unspecified atom stereocenters. The molecular weight excluding hydrogens is 451 g/mol. The summed E-state index contributed by atoms with van der Waals surface area (Å²) in [7, 11) is -4.70. The summed E-state index contributed by atoms with van der Waals surface area (Å²) in [5, 5.41) is 12.7. The third-order valence-electron chi connectivity index (χ3n) is 5.44. The summed E-state index contributed by atoms with van der Waals surface area (Å²) >= 11 is 0. The molecule has 0 radical (unpaired) electrons. The first-order valence-electron chi connectivity index (χ1n) is 11.5. The van der Waals surface area contributed by atoms with Gasteiger partial charge in [0.2, 0.25) is 0 Å². The predicted octanol–water partition coefficient (Wildman–Crippen LogP) is 3.66. The van der Waals surface area contributed by atoms with Gasteiger partial charge in [-0.3, -0.25) is 4.55 Å². The van der Waals surface area contributed by atoms with Crippen LogP contribution in [0.5, 0.6) is 17.2 Å². The van der Waals surface area contributed by atoms with Gasteiger partial charge in [0.15, 0.2) is 0 Å². The standard InChI is InChI=1S/C25H36O5S.K/c1-2-3-4-5-6-7-8-9-10-11-13-16-21-19-20-23(25(24(21)26)31(27,28)29)30-22-17-14-12-15-18-22;/h12,14-15,17-20,26H,2-11,13,16H2,1H3,(H,27,28,29);/q;+1/p-1. The van der Waals surface area contributed by atoms with E-state index >= 15 is 0 Å². The third-order valence-corrected chi connectivity index (χ3v) is 6.34. The fourth-order valence-corrected chi connectivity index (χ4v) is 4.43. The predicted molar refractivity (Wildman–Crippen MR) is 122 cm³/mol. The van der Waals surface area contributed by atoms with Gasteiger partial charge in [0.25, 0.3) is 10.1 Å². The molecule has 0 aliphatic carbocycles. The van der Waals surface area contributed by atoms with Crippen molar-refractivity contribution in [2.75, 3.05) is 0 Å². The van der Waals surface area contributed by atoms with Crippen molar-refractivity contribution in [3.8, 4) is 17.2 Å². The van der Waals surface area contributed by atoms with E-state index in [9.17, 15) is 18.1 Å². The number of unbranched alkanes of at least 4 members (excludes halogenated alkanes) is 10. The number of rotatable bonds is 15. The van der Waals surface area contributed by atoms with Crippen molar-refractivity contribution in [2.24, 2.45) is 0 Å². The van der Waals surface area contributed by atoms with E-state index in [-0.39, 0.29) is 57.1 Å². The summed E-state index contributed by atoms with van der Waals surface area (Å²) in [5.41, 5.74) is 0.393. The number of aryl methyl sites for hydroxylation is 1. The summed E-state index contributed by atoms with van der Waals surface area (Å²) in [5.74, 6) is -0.436. The summed E-state index contributed by atoms with van der Waals surface area (Å²) in [4.78, 5) is -0.683. The Kier molecular flexibility index (Phi) is 15.0. The molecule has 0 bridgehead atoms. The van der Waals surface area contributed by atoms with Crippen molar-refractivity contribution < 1.29 is 74.2 Å². The molecule has 172 valence electrons. The molecule has 0 aromatic heterocycles. The Labute approximate surface area is 236 Å². The normalized spacial score (nSPS) is 11.2. The first-order valence-corrected chi connectivity index (χ1v) is 12.9. The Morgan fingerprint density at radius 1 is 0.812 bits per heavy atom. The number of hydrogen-bond donors (Lipinski definition) is 1. The van der Waals surface area contributed by atoms with E-state index in [0.29, 0.717) is 17.7 Å². The smallest absolute Gasteiger partial charge is 0.871 e. The fraction of sp³-hybridized carbons (Fsp3) is 0.520. The maximum absolute atomic E-state index is 12.7. The number of para-hydroxylation sites is 1. The average Bonchev–Trinajstić information content (AvgIpc) is 2.73. The summed E-state index contributed by atoms with van der Waals surface area (Å²) in [6.07, 6.45) is 13.7. The summed E-state index contributed by atoms with van der Waals surface area (Å²) < 4.78 is 38.9. The topological polar surface area (TPSA) is 86.7 Å². The van der Waals surface area contributed by atoms with Crippen LogP contribution < -0.4 is 61.2 Å². The Hall–Kier alpha value is -0.414. The van der Waals surface area contributed by atoms with Gasteiger partial charge in [0, 0.05) is 0 Å². The Morgan fingerprint density at radius 3 is 1.88 bits per heavy atom. The van der Waals surface area contributed by atoms with E-state index in [0.717, 1.165) is 19.3 Å². The molecule has 0 saturated heterocycles. The van der Waals surface area contributed by atoms with E-state index in [1.807, 2.05) is 0 Å². The van der Waals surface area contributed by atoms with Gasteiger partial charge in [-0.2, -0.15) is 8.42 Å². The van der Waals surface area contributed by atoms with Crippen LogP contribution in [0.15, 0.2) is 47.4 Å². The zero-order chi connectivity index (χ0) is 22.5. The minimum absolute atomic E-state index is 0. The van der Waals surface area contributed by atoms with Crippen molar-refractivity contribution >= 4 is 10.1 Å². The van der Waals surface area contributed by atoms with Crippen LogP contribution in [-0.4, -0.2) is 13.0 Å². The van der Waals surface area contributed by atoms with Crippen molar-refractivity contribution in [1.82, 2.24) is 0 Å². The second-order valence-electron chi connectivity index (χ2n) is 8.06. The number of benzene rings is 2. The molecule has 2 rings (SSSR count). The molecule has 7 heteroatoms. The second-order valence-corrected chi connectivity index (χ2v) is 9.42. The van der Waals surface area contributed by atoms with Crippen molar-refractivity contribution in [1.29, 1.82) is 0 Å². The van der Waals surface area contributed by atoms with E-state index in [4.69, 9.17) is 4.74 Å². The Balaban J connectivity index is 0.00000512. The largest absolute Gasteiger partial charge is 1.00 e. The zero-order valence-corrected chi connectivity index (χ0v) is 23.5. The van der Waals surface area contributed by atoms with Crippen LogP contribution in [0.25, 0.3) is 0 Å². The molecule has 0 atom stereocenters. The molecule has 32 heavy (non-hydrogen) atoms. The van der Waals surface area contributed by atoms with Crippen LogP contribution in [0.2, 0.25) is 0 Å². The first-order chi connectivity index (χ1) is 14.9. The first kappa shape index (κ1) is 29.6. The van der Waals surface area contributed by atoms with Crippen LogP contribution in [0.4, 0.5) is 0 Å². The van der Waals surface area contributed by atoms with Gasteiger partial charge in [-0.15, -0.1) is 0 Å². The number of hydrogen-bond acceptors (Lipinski definition) is 4. The van der Waals surface area contributed by atoms with Gasteiger partial charge < -0.3 is 9.84 Å².